The van der Waals surface area contributed by atoms with Gasteiger partial charge in [-0.1, -0.05) is 23.3 Å². The zero-order chi connectivity index (χ0) is 25.6. The number of ether oxygens (including phenoxy) is 1. The number of benzene rings is 1. The maximum atomic E-state index is 12.2. The average molecular weight is 508 g/mol. The molecule has 0 aliphatic carbocycles. The van der Waals surface area contributed by atoms with Crippen LogP contribution in [0.15, 0.2) is 57.4 Å². The van der Waals surface area contributed by atoms with Crippen LogP contribution in [0.5, 0.6) is 0 Å². The highest BCUT2D eigenvalue weighted by atomic mass is 31.2. The lowest BCUT2D eigenvalue weighted by Crippen LogP contribution is -2.34. The molecule has 1 amide bonds. The number of H-pyrrole nitrogens is 1. The molecule has 1 aliphatic rings. The molecule has 1 aliphatic heterocycles. The van der Waals surface area contributed by atoms with Gasteiger partial charge in [-0.3, -0.25) is 23.7 Å². The zero-order valence-corrected chi connectivity index (χ0v) is 18.8. The second-order valence-corrected chi connectivity index (χ2v) is 8.60. The minimum Gasteiger partial charge on any atom is -0.390 e. The highest BCUT2D eigenvalue weighted by molar-refractivity contribution is 7.46. The van der Waals surface area contributed by atoms with Crippen LogP contribution in [0.1, 0.15) is 28.6 Å². The molecule has 1 aromatic carbocycles. The Hall–Kier alpha value is -3.55. The number of phosphoric acid groups is 1. The second kappa shape index (κ2) is 11.3. The fourth-order valence-corrected chi connectivity index (χ4v) is 3.57. The Labute approximate surface area is 196 Å². The van der Waals surface area contributed by atoms with E-state index in [-0.39, 0.29) is 18.4 Å². The lowest BCUT2D eigenvalue weighted by Gasteiger charge is -2.16. The fourth-order valence-electron chi connectivity index (χ4n) is 3.23. The number of amides is 1. The van der Waals surface area contributed by atoms with Gasteiger partial charge in [-0.25, -0.2) is 9.36 Å². The second-order valence-electron chi connectivity index (χ2n) is 7.36. The van der Waals surface area contributed by atoms with E-state index in [1.165, 1.54) is 42.7 Å². The van der Waals surface area contributed by atoms with Crippen LogP contribution in [0, 0.1) is 0 Å². The third-order valence-corrected chi connectivity index (χ3v) is 5.41. The van der Waals surface area contributed by atoms with E-state index in [1.807, 2.05) is 0 Å². The molecule has 2 aromatic rings. The molecule has 3 atom stereocenters. The van der Waals surface area contributed by atoms with Crippen molar-refractivity contribution in [2.75, 3.05) is 6.61 Å². The molecule has 0 radical (unpaired) electrons. The number of aromatic nitrogens is 2. The Kier molecular flexibility index (Phi) is 8.38. The Morgan fingerprint density at radius 1 is 1.37 bits per heavy atom. The van der Waals surface area contributed by atoms with Crippen LogP contribution in [-0.2, 0) is 20.2 Å². The smallest absolute Gasteiger partial charge is 0.390 e. The van der Waals surface area contributed by atoms with Gasteiger partial charge in [-0.05, 0) is 24.1 Å². The van der Waals surface area contributed by atoms with Crippen molar-refractivity contribution >= 4 is 19.4 Å². The van der Waals surface area contributed by atoms with Crippen molar-refractivity contribution in [2.24, 2.45) is 5.11 Å². The third-order valence-electron chi connectivity index (χ3n) is 4.92. The van der Waals surface area contributed by atoms with Gasteiger partial charge in [0.2, 0.25) is 0 Å². The number of carbonyl (C=O) groups is 1. The molecule has 5 N–H and O–H groups in total. The number of phosphoric ester groups is 1. The van der Waals surface area contributed by atoms with Gasteiger partial charge in [0.05, 0.1) is 12.7 Å². The minimum absolute atomic E-state index is 0.0335. The highest BCUT2D eigenvalue weighted by Gasteiger charge is 2.37. The standard InChI is InChI=1S/C19H21N6O9P/c20-24-23-13-5-3-11(4-6-13)17(27)21-7-1-2-12-9-25(19(29)22-18(12)28)16-8-14(26)15(34-16)10-33-35(30,31)32/h1,3-7,9,14-16,26H,2,8,10H2,(H,21,27)(H,22,28,29)(H2,30,31,32)/t14-,15+,16+/m0/s1. The van der Waals surface area contributed by atoms with Gasteiger partial charge >= 0.3 is 13.5 Å². The van der Waals surface area contributed by atoms with Crippen LogP contribution in [0.3, 0.4) is 0 Å². The van der Waals surface area contributed by atoms with Gasteiger partial charge in [-0.15, -0.1) is 0 Å². The number of carbonyl (C=O) groups excluding carboxylic acids is 1. The summed E-state index contributed by atoms with van der Waals surface area (Å²) in [6, 6.07) is 5.90. The molecule has 16 heteroatoms. The Morgan fingerprint density at radius 2 is 2.09 bits per heavy atom. The molecule has 3 rings (SSSR count). The lowest BCUT2D eigenvalue weighted by atomic mass is 10.2. The summed E-state index contributed by atoms with van der Waals surface area (Å²) >= 11 is 0. The van der Waals surface area contributed by atoms with Gasteiger partial charge in [0.25, 0.3) is 11.5 Å². The number of nitrogens with zero attached hydrogens (tertiary/aromatic N) is 4. The SMILES string of the molecule is [N-]=[N+]=Nc1ccc(C(=O)NC=CCc2cn([C@H]3C[C@H](O)[C@@H](COP(=O)(O)O)O3)c(=O)[nH]c2=O)cc1. The molecule has 15 nitrogen and oxygen atoms in total. The van der Waals surface area contributed by atoms with Crippen LogP contribution in [0.4, 0.5) is 5.69 Å². The van der Waals surface area contributed by atoms with Crippen molar-refractivity contribution in [3.63, 3.8) is 0 Å². The number of aromatic amines is 1. The molecule has 0 unspecified atom stereocenters. The number of hydrogen-bond donors (Lipinski definition) is 5. The van der Waals surface area contributed by atoms with Crippen molar-refractivity contribution in [3.8, 4) is 0 Å². The van der Waals surface area contributed by atoms with E-state index in [1.54, 1.807) is 0 Å². The van der Waals surface area contributed by atoms with E-state index in [0.29, 0.717) is 11.3 Å². The number of aliphatic hydroxyl groups excluding tert-OH is 1. The van der Waals surface area contributed by atoms with Crippen LogP contribution in [-0.4, -0.2) is 49.2 Å². The van der Waals surface area contributed by atoms with E-state index in [9.17, 15) is 24.1 Å². The Morgan fingerprint density at radius 3 is 2.74 bits per heavy atom. The molecule has 0 bridgehead atoms. The summed E-state index contributed by atoms with van der Waals surface area (Å²) in [5.41, 5.74) is 7.77. The average Bonchev–Trinajstić information content (AvgIpc) is 3.16. The van der Waals surface area contributed by atoms with Crippen molar-refractivity contribution < 1.29 is 33.5 Å². The molecule has 1 aromatic heterocycles. The van der Waals surface area contributed by atoms with Crippen LogP contribution in [0.2, 0.25) is 0 Å². The molecule has 2 heterocycles. The first kappa shape index (κ1) is 26.1. The van der Waals surface area contributed by atoms with Crippen molar-refractivity contribution in [1.29, 1.82) is 0 Å². The summed E-state index contributed by atoms with van der Waals surface area (Å²) in [6.07, 6.45) is 0.740. The predicted octanol–water partition coefficient (Wildman–Crippen LogP) is 0.722. The fraction of sp³-hybridized carbons (Fsp3) is 0.316. The van der Waals surface area contributed by atoms with E-state index in [2.05, 4.69) is 24.9 Å². The van der Waals surface area contributed by atoms with Crippen LogP contribution in [0.25, 0.3) is 10.4 Å². The van der Waals surface area contributed by atoms with Gasteiger partial charge < -0.3 is 24.9 Å². The third kappa shape index (κ3) is 7.21. The van der Waals surface area contributed by atoms with Crippen molar-refractivity contribution in [3.05, 3.63) is 85.1 Å². The van der Waals surface area contributed by atoms with Crippen LogP contribution < -0.4 is 16.6 Å². The van der Waals surface area contributed by atoms with E-state index in [4.69, 9.17) is 20.1 Å². The number of nitrogens with one attached hydrogen (secondary N) is 2. The van der Waals surface area contributed by atoms with Gasteiger partial charge in [0.1, 0.15) is 12.3 Å². The number of azide groups is 1. The molecule has 186 valence electrons. The van der Waals surface area contributed by atoms with E-state index >= 15 is 0 Å². The predicted molar refractivity (Wildman–Crippen MR) is 119 cm³/mol. The topological polar surface area (TPSA) is 229 Å². The number of hydrogen-bond acceptors (Lipinski definition) is 8. The maximum Gasteiger partial charge on any atom is 0.469 e. The minimum atomic E-state index is -4.77. The Bertz CT molecular complexity index is 1310. The van der Waals surface area contributed by atoms with E-state index in [0.717, 1.165) is 4.57 Å². The normalized spacial score (nSPS) is 20.0. The first-order valence-electron chi connectivity index (χ1n) is 10.1. The lowest BCUT2D eigenvalue weighted by molar-refractivity contribution is -0.0451. The van der Waals surface area contributed by atoms with E-state index < -0.39 is 50.0 Å². The highest BCUT2D eigenvalue weighted by Crippen LogP contribution is 2.38. The molecule has 0 spiro atoms. The molecular weight excluding hydrogens is 487 g/mol. The summed E-state index contributed by atoms with van der Waals surface area (Å²) in [5.74, 6) is -0.440. The first-order valence-corrected chi connectivity index (χ1v) is 11.6. The summed E-state index contributed by atoms with van der Waals surface area (Å²) in [7, 11) is -4.77. The molecule has 0 saturated carbocycles. The van der Waals surface area contributed by atoms with Gasteiger partial charge in [-0.2, -0.15) is 0 Å². The molecule has 1 fully saturated rings. The summed E-state index contributed by atoms with van der Waals surface area (Å²) in [5, 5.41) is 16.0. The molecule has 35 heavy (non-hydrogen) atoms. The summed E-state index contributed by atoms with van der Waals surface area (Å²) < 4.78 is 21.7. The molecule has 1 saturated heterocycles. The van der Waals surface area contributed by atoms with Gasteiger partial charge in [0.15, 0.2) is 0 Å². The summed E-state index contributed by atoms with van der Waals surface area (Å²) in [6.45, 7) is -0.594. The van der Waals surface area contributed by atoms with Crippen molar-refractivity contribution in [2.45, 2.75) is 31.3 Å². The van der Waals surface area contributed by atoms with Gasteiger partial charge in [0, 0.05) is 40.5 Å². The number of rotatable bonds is 9. The molecular formula is C19H21N6O9P. The number of allylic oxidation sites excluding steroid dienone is 1. The van der Waals surface area contributed by atoms with Crippen molar-refractivity contribution in [1.82, 2.24) is 14.9 Å². The Balaban J connectivity index is 1.64. The maximum absolute atomic E-state index is 12.2. The number of aliphatic hydroxyl groups is 1. The summed E-state index contributed by atoms with van der Waals surface area (Å²) in [4.78, 5) is 59.0. The van der Waals surface area contributed by atoms with Crippen LogP contribution >= 0.6 is 7.82 Å². The first-order chi connectivity index (χ1) is 16.6. The quantitative estimate of drug-likeness (QED) is 0.139. The monoisotopic (exact) mass is 508 g/mol. The zero-order valence-electron chi connectivity index (χ0n) is 17.9. The largest absolute Gasteiger partial charge is 0.469 e.